The van der Waals surface area contributed by atoms with Crippen molar-refractivity contribution in [1.82, 2.24) is 0 Å². The Morgan fingerprint density at radius 2 is 0.897 bits per heavy atom. The van der Waals surface area contributed by atoms with Crippen molar-refractivity contribution in [3.63, 3.8) is 0 Å². The van der Waals surface area contributed by atoms with Crippen LogP contribution in [-0.2, 0) is 5.41 Å². The van der Waals surface area contributed by atoms with Gasteiger partial charge in [0.1, 0.15) is 27.9 Å². The normalized spacial score (nSPS) is 14.5. The number of thiophene rings is 1. The number of fused-ring (bicyclic) bond motifs is 18. The van der Waals surface area contributed by atoms with E-state index in [9.17, 15) is 0 Å². The summed E-state index contributed by atoms with van der Waals surface area (Å²) in [5, 5.41) is 5.85. The zero-order valence-electron chi connectivity index (χ0n) is 36.6. The van der Waals surface area contributed by atoms with Crippen molar-refractivity contribution >= 4 is 98.5 Å². The van der Waals surface area contributed by atoms with Crippen molar-refractivity contribution in [2.45, 2.75) is 5.41 Å². The van der Waals surface area contributed by atoms with Gasteiger partial charge < -0.3 is 18.6 Å². The van der Waals surface area contributed by atoms with Gasteiger partial charge in [0.15, 0.2) is 0 Å². The van der Waals surface area contributed by atoms with E-state index in [1.165, 1.54) is 53.6 Å². The van der Waals surface area contributed by atoms with Gasteiger partial charge in [0.05, 0.1) is 10.4 Å². The molecule has 0 saturated carbocycles. The Morgan fingerprint density at radius 3 is 1.71 bits per heavy atom. The number of nitrogens with zero attached hydrogens (tertiary/aromatic N) is 2. The highest BCUT2D eigenvalue weighted by Crippen LogP contribution is 2.66. The average Bonchev–Trinajstić information content (AvgIpc) is 4.20. The first-order valence-corrected chi connectivity index (χ1v) is 24.0. The lowest BCUT2D eigenvalue weighted by molar-refractivity contribution is 0.507. The van der Waals surface area contributed by atoms with Gasteiger partial charge in [0, 0.05) is 65.6 Å². The predicted molar refractivity (Wildman–Crippen MR) is 282 cm³/mol. The lowest BCUT2D eigenvalue weighted by atomic mass is 9.73. The summed E-state index contributed by atoms with van der Waals surface area (Å²) in [6.45, 7) is 0. The fourth-order valence-electron chi connectivity index (χ4n) is 11.6. The Labute approximate surface area is 395 Å². The van der Waals surface area contributed by atoms with E-state index in [2.05, 4.69) is 228 Å². The van der Waals surface area contributed by atoms with Crippen LogP contribution in [0.25, 0.3) is 75.3 Å². The quantitative estimate of drug-likeness (QED) is 0.167. The van der Waals surface area contributed by atoms with Crippen molar-refractivity contribution in [1.29, 1.82) is 0 Å². The summed E-state index contributed by atoms with van der Waals surface area (Å²) < 4.78 is 16.2. The maximum Gasteiger partial charge on any atom is 0.135 e. The first kappa shape index (κ1) is 37.6. The molecule has 15 rings (SSSR count). The molecule has 4 nitrogen and oxygen atoms in total. The molecule has 0 aliphatic heterocycles. The summed E-state index contributed by atoms with van der Waals surface area (Å²) in [4.78, 5) is 4.84. The Kier molecular flexibility index (Phi) is 7.83. The Morgan fingerprint density at radius 1 is 0.338 bits per heavy atom. The number of furan rings is 2. The third-order valence-corrected chi connectivity index (χ3v) is 15.6. The van der Waals surface area contributed by atoms with Gasteiger partial charge in [0.25, 0.3) is 0 Å². The van der Waals surface area contributed by atoms with Crippen molar-refractivity contribution < 1.29 is 8.83 Å². The predicted octanol–water partition coefficient (Wildman–Crippen LogP) is 18.0. The van der Waals surface area contributed by atoms with E-state index < -0.39 is 5.41 Å². The smallest absolute Gasteiger partial charge is 0.135 e. The van der Waals surface area contributed by atoms with Crippen LogP contribution in [-0.4, -0.2) is 0 Å². The van der Waals surface area contributed by atoms with Crippen LogP contribution in [0.3, 0.4) is 0 Å². The Bertz CT molecular complexity index is 4180. The molecule has 10 aromatic carbocycles. The van der Waals surface area contributed by atoms with Gasteiger partial charge in [-0.05, 0) is 124 Å². The lowest BCUT2D eigenvalue weighted by Crippen LogP contribution is -2.26. The highest BCUT2D eigenvalue weighted by atomic mass is 32.1. The number of benzene rings is 10. The summed E-state index contributed by atoms with van der Waals surface area (Å²) in [5.74, 6) is 0.963. The molecule has 0 amide bonds. The van der Waals surface area contributed by atoms with E-state index in [0.717, 1.165) is 78.4 Å². The summed E-state index contributed by atoms with van der Waals surface area (Å²) in [6, 6.07) is 83.6. The Hall–Kier alpha value is -8.64. The van der Waals surface area contributed by atoms with Gasteiger partial charge in [0.2, 0.25) is 0 Å². The van der Waals surface area contributed by atoms with Crippen molar-refractivity contribution in [2.24, 2.45) is 0 Å². The van der Waals surface area contributed by atoms with E-state index in [1.54, 1.807) is 0 Å². The van der Waals surface area contributed by atoms with Crippen LogP contribution in [0.5, 0.6) is 0 Å². The SMILES string of the molecule is c1ccc(N(c2ccc3c(c2)C2(c4ccccc4-c4ccc(N(c5ccccc5)c5cccc6c5sc5ccccc56)cc42)c2oc4ccccc4c2-3)c2ccc3oc4ccccc4c3c2)cc1. The number of hydrogen-bond acceptors (Lipinski definition) is 5. The molecule has 318 valence electrons. The largest absolute Gasteiger partial charge is 0.459 e. The standard InChI is InChI=1S/C63H38N2O2S/c1-3-16-39(17-4-1)64(41-32-35-58-51(36-41)46-21-8-12-27-56(46)66-58)42-31-34-49-54(37-42)63(62-60(49)50-23-9-13-28-57(50)67-62)52-25-11-7-20-44(52)45-33-30-43(38-53(45)63)65(40-18-5-2-6-19-40)55-26-15-24-48-47-22-10-14-29-59(47)68-61(48)55/h1-38H. The number of anilines is 6. The first-order valence-electron chi connectivity index (χ1n) is 23.2. The van der Waals surface area contributed by atoms with Crippen LogP contribution in [0, 0.1) is 0 Å². The maximum absolute atomic E-state index is 7.32. The molecular formula is C63H38N2O2S. The molecule has 0 saturated heterocycles. The lowest BCUT2D eigenvalue weighted by Gasteiger charge is -2.32. The molecule has 68 heavy (non-hydrogen) atoms. The van der Waals surface area contributed by atoms with Crippen molar-refractivity contribution in [3.05, 3.63) is 253 Å². The minimum absolute atomic E-state index is 0.777. The van der Waals surface area contributed by atoms with Crippen LogP contribution < -0.4 is 9.80 Å². The Balaban J connectivity index is 1.01. The average molecular weight is 887 g/mol. The summed E-state index contributed by atoms with van der Waals surface area (Å²) in [7, 11) is 0. The van der Waals surface area contributed by atoms with Crippen LogP contribution in [0.1, 0.15) is 22.5 Å². The fraction of sp³-hybridized carbons (Fsp3) is 0.0159. The molecule has 2 aliphatic carbocycles. The molecule has 5 heteroatoms. The zero-order chi connectivity index (χ0) is 44.5. The number of hydrogen-bond donors (Lipinski definition) is 0. The topological polar surface area (TPSA) is 32.8 Å². The van der Waals surface area contributed by atoms with Crippen molar-refractivity contribution in [2.75, 3.05) is 9.80 Å². The molecule has 1 spiro atoms. The van der Waals surface area contributed by atoms with E-state index in [-0.39, 0.29) is 0 Å². The van der Waals surface area contributed by atoms with Crippen LogP contribution >= 0.6 is 11.3 Å². The molecule has 0 N–H and O–H groups in total. The van der Waals surface area contributed by atoms with E-state index in [1.807, 2.05) is 23.5 Å². The van der Waals surface area contributed by atoms with Gasteiger partial charge in [-0.3, -0.25) is 0 Å². The fourth-order valence-corrected chi connectivity index (χ4v) is 12.8. The molecule has 0 bridgehead atoms. The van der Waals surface area contributed by atoms with Crippen LogP contribution in [0.15, 0.2) is 239 Å². The van der Waals surface area contributed by atoms with Crippen molar-refractivity contribution in [3.8, 4) is 22.3 Å². The van der Waals surface area contributed by atoms with Gasteiger partial charge in [-0.25, -0.2) is 0 Å². The molecule has 0 radical (unpaired) electrons. The molecule has 13 aromatic rings. The van der Waals surface area contributed by atoms with Gasteiger partial charge in [-0.15, -0.1) is 11.3 Å². The molecule has 1 unspecified atom stereocenters. The van der Waals surface area contributed by atoms with Crippen LogP contribution in [0.4, 0.5) is 34.1 Å². The second kappa shape index (κ2) is 14.2. The second-order valence-electron chi connectivity index (χ2n) is 17.9. The third kappa shape index (κ3) is 5.14. The van der Waals surface area contributed by atoms with E-state index in [0.29, 0.717) is 0 Å². The third-order valence-electron chi connectivity index (χ3n) is 14.4. The molecule has 1 atom stereocenters. The van der Waals surface area contributed by atoms with E-state index >= 15 is 0 Å². The molecule has 3 heterocycles. The highest BCUT2D eigenvalue weighted by Gasteiger charge is 2.55. The number of rotatable bonds is 6. The van der Waals surface area contributed by atoms with E-state index in [4.69, 9.17) is 8.83 Å². The minimum Gasteiger partial charge on any atom is -0.459 e. The molecule has 3 aromatic heterocycles. The van der Waals surface area contributed by atoms with Gasteiger partial charge in [-0.2, -0.15) is 0 Å². The molecule has 2 aliphatic rings. The monoisotopic (exact) mass is 886 g/mol. The molecular weight excluding hydrogens is 849 g/mol. The van der Waals surface area contributed by atoms with Gasteiger partial charge in [-0.1, -0.05) is 140 Å². The maximum atomic E-state index is 7.32. The summed E-state index contributed by atoms with van der Waals surface area (Å²) in [5.41, 5.74) is 16.8. The molecule has 0 fully saturated rings. The summed E-state index contributed by atoms with van der Waals surface area (Å²) >= 11 is 1.86. The minimum atomic E-state index is -0.777. The second-order valence-corrected chi connectivity index (χ2v) is 19.0. The highest BCUT2D eigenvalue weighted by molar-refractivity contribution is 7.26. The zero-order valence-corrected chi connectivity index (χ0v) is 37.4. The first-order chi connectivity index (χ1) is 33.7. The number of para-hydroxylation sites is 4. The van der Waals surface area contributed by atoms with Gasteiger partial charge >= 0.3 is 0 Å². The van der Waals surface area contributed by atoms with Crippen LogP contribution in [0.2, 0.25) is 0 Å². The summed E-state index contributed by atoms with van der Waals surface area (Å²) in [6.07, 6.45) is 0.